The van der Waals surface area contributed by atoms with Crippen molar-refractivity contribution in [1.29, 1.82) is 0 Å². The number of likely N-dealkylation sites (tertiary alicyclic amines) is 1. The number of benzene rings is 2. The molecule has 1 atom stereocenters. The maximum Gasteiger partial charge on any atom is 0.320 e. The van der Waals surface area contributed by atoms with Crippen LogP contribution in [0.4, 0.5) is 0 Å². The molecule has 1 saturated heterocycles. The van der Waals surface area contributed by atoms with Gasteiger partial charge in [-0.2, -0.15) is 0 Å². The Balaban J connectivity index is 1.91. The van der Waals surface area contributed by atoms with Gasteiger partial charge in [0.25, 0.3) is 0 Å². The maximum absolute atomic E-state index is 11.2. The molecule has 0 saturated carbocycles. The van der Waals surface area contributed by atoms with Crippen LogP contribution in [0.25, 0.3) is 10.8 Å². The second-order valence-corrected chi connectivity index (χ2v) is 5.11. The van der Waals surface area contributed by atoms with Crippen LogP contribution in [0.2, 0.25) is 0 Å². The lowest BCUT2D eigenvalue weighted by molar-refractivity contribution is -0.142. The minimum atomic E-state index is -0.697. The van der Waals surface area contributed by atoms with Crippen LogP contribution in [0.1, 0.15) is 18.4 Å². The molecule has 3 heteroatoms. The third-order valence-electron chi connectivity index (χ3n) is 3.90. The van der Waals surface area contributed by atoms with Crippen molar-refractivity contribution in [3.8, 4) is 0 Å². The standard InChI is InChI=1S/C16H17NO2/c18-16(19)15-9-4-10-17(15)11-13-7-3-6-12-5-1-2-8-14(12)13/h1-3,5-8,15H,4,9-11H2,(H,18,19)/t15-/m0/s1. The van der Waals surface area contributed by atoms with Gasteiger partial charge in [-0.25, -0.2) is 0 Å². The summed E-state index contributed by atoms with van der Waals surface area (Å²) >= 11 is 0. The zero-order valence-corrected chi connectivity index (χ0v) is 10.7. The number of carboxylic acid groups (broad SMARTS) is 1. The minimum Gasteiger partial charge on any atom is -0.480 e. The Morgan fingerprint density at radius 1 is 1.21 bits per heavy atom. The van der Waals surface area contributed by atoms with Crippen LogP contribution in [-0.4, -0.2) is 28.6 Å². The number of carboxylic acids is 1. The van der Waals surface area contributed by atoms with E-state index in [1.165, 1.54) is 16.3 Å². The van der Waals surface area contributed by atoms with Crippen LogP contribution < -0.4 is 0 Å². The fourth-order valence-electron chi connectivity index (χ4n) is 2.94. The first kappa shape index (κ1) is 12.2. The largest absolute Gasteiger partial charge is 0.480 e. The third kappa shape index (κ3) is 2.34. The molecule has 2 aromatic carbocycles. The number of hydrogen-bond acceptors (Lipinski definition) is 2. The summed E-state index contributed by atoms with van der Waals surface area (Å²) in [6.45, 7) is 1.60. The van der Waals surface area contributed by atoms with Crippen LogP contribution in [0.3, 0.4) is 0 Å². The summed E-state index contributed by atoms with van der Waals surface area (Å²) in [5.41, 5.74) is 1.21. The normalized spacial score (nSPS) is 19.9. The van der Waals surface area contributed by atoms with E-state index >= 15 is 0 Å². The quantitative estimate of drug-likeness (QED) is 0.916. The predicted octanol–water partition coefficient (Wildman–Crippen LogP) is 2.89. The molecule has 0 radical (unpaired) electrons. The highest BCUT2D eigenvalue weighted by Crippen LogP contribution is 2.24. The molecule has 1 fully saturated rings. The second-order valence-electron chi connectivity index (χ2n) is 5.11. The fraction of sp³-hybridized carbons (Fsp3) is 0.312. The highest BCUT2D eigenvalue weighted by atomic mass is 16.4. The second kappa shape index (κ2) is 5.02. The first-order valence-electron chi connectivity index (χ1n) is 6.69. The number of rotatable bonds is 3. The van der Waals surface area contributed by atoms with Crippen LogP contribution in [0, 0.1) is 0 Å². The predicted molar refractivity (Wildman–Crippen MR) is 75.0 cm³/mol. The van der Waals surface area contributed by atoms with Gasteiger partial charge in [-0.3, -0.25) is 9.69 Å². The molecule has 1 aliphatic heterocycles. The highest BCUT2D eigenvalue weighted by molar-refractivity contribution is 5.85. The topological polar surface area (TPSA) is 40.5 Å². The smallest absolute Gasteiger partial charge is 0.320 e. The summed E-state index contributed by atoms with van der Waals surface area (Å²) < 4.78 is 0. The molecule has 1 N–H and O–H groups in total. The average molecular weight is 255 g/mol. The van der Waals surface area contributed by atoms with Gasteiger partial charge >= 0.3 is 5.97 Å². The molecule has 1 heterocycles. The van der Waals surface area contributed by atoms with Crippen molar-refractivity contribution < 1.29 is 9.90 Å². The maximum atomic E-state index is 11.2. The lowest BCUT2D eigenvalue weighted by Gasteiger charge is -2.21. The number of aliphatic carboxylic acids is 1. The third-order valence-corrected chi connectivity index (χ3v) is 3.90. The number of carbonyl (C=O) groups is 1. The van der Waals surface area contributed by atoms with Crippen molar-refractivity contribution in [3.63, 3.8) is 0 Å². The van der Waals surface area contributed by atoms with Crippen LogP contribution >= 0.6 is 0 Å². The molecule has 0 bridgehead atoms. The van der Waals surface area contributed by atoms with Gasteiger partial charge < -0.3 is 5.11 Å². The van der Waals surface area contributed by atoms with Crippen molar-refractivity contribution in [2.75, 3.05) is 6.54 Å². The van der Waals surface area contributed by atoms with Gasteiger partial charge in [0.1, 0.15) is 6.04 Å². The molecule has 1 aliphatic rings. The lowest BCUT2D eigenvalue weighted by atomic mass is 10.0. The van der Waals surface area contributed by atoms with E-state index in [4.69, 9.17) is 0 Å². The molecule has 0 unspecified atom stereocenters. The van der Waals surface area contributed by atoms with Gasteiger partial charge in [0.15, 0.2) is 0 Å². The van der Waals surface area contributed by atoms with E-state index in [0.717, 1.165) is 25.9 Å². The Bertz CT molecular complexity index is 603. The van der Waals surface area contributed by atoms with E-state index in [1.807, 2.05) is 18.2 Å². The molecule has 2 aromatic rings. The van der Waals surface area contributed by atoms with E-state index in [2.05, 4.69) is 29.2 Å². The lowest BCUT2D eigenvalue weighted by Crippen LogP contribution is -2.35. The van der Waals surface area contributed by atoms with Crippen molar-refractivity contribution >= 4 is 16.7 Å². The van der Waals surface area contributed by atoms with E-state index in [1.54, 1.807) is 0 Å². The summed E-state index contributed by atoms with van der Waals surface area (Å²) in [5, 5.41) is 11.7. The molecule has 0 aromatic heterocycles. The Hall–Kier alpha value is -1.87. The monoisotopic (exact) mass is 255 g/mol. The molecule has 19 heavy (non-hydrogen) atoms. The van der Waals surface area contributed by atoms with E-state index in [0.29, 0.717) is 0 Å². The van der Waals surface area contributed by atoms with Gasteiger partial charge in [0.2, 0.25) is 0 Å². The SMILES string of the molecule is O=C(O)[C@@H]1CCCN1Cc1cccc2ccccc12. The Kier molecular flexibility index (Phi) is 3.22. The van der Waals surface area contributed by atoms with Gasteiger partial charge in [0.05, 0.1) is 0 Å². The Morgan fingerprint density at radius 3 is 2.84 bits per heavy atom. The van der Waals surface area contributed by atoms with Crippen molar-refractivity contribution in [1.82, 2.24) is 4.90 Å². The van der Waals surface area contributed by atoms with Crippen LogP contribution in [-0.2, 0) is 11.3 Å². The summed E-state index contributed by atoms with van der Waals surface area (Å²) in [5.74, 6) is -0.697. The first-order valence-corrected chi connectivity index (χ1v) is 6.69. The molecule has 0 aliphatic carbocycles. The summed E-state index contributed by atoms with van der Waals surface area (Å²) in [6, 6.07) is 14.2. The van der Waals surface area contributed by atoms with Crippen molar-refractivity contribution in [2.45, 2.75) is 25.4 Å². The van der Waals surface area contributed by atoms with E-state index in [-0.39, 0.29) is 6.04 Å². The Morgan fingerprint density at radius 2 is 2.00 bits per heavy atom. The summed E-state index contributed by atoms with van der Waals surface area (Å²) in [4.78, 5) is 13.3. The molecule has 3 rings (SSSR count). The van der Waals surface area contributed by atoms with Crippen LogP contribution in [0.5, 0.6) is 0 Å². The van der Waals surface area contributed by atoms with E-state index in [9.17, 15) is 9.90 Å². The first-order chi connectivity index (χ1) is 9.25. The average Bonchev–Trinajstić information content (AvgIpc) is 2.87. The summed E-state index contributed by atoms with van der Waals surface area (Å²) in [6.07, 6.45) is 1.74. The summed E-state index contributed by atoms with van der Waals surface area (Å²) in [7, 11) is 0. The zero-order chi connectivity index (χ0) is 13.2. The van der Waals surface area contributed by atoms with Gasteiger partial charge in [-0.1, -0.05) is 42.5 Å². The van der Waals surface area contributed by atoms with Gasteiger partial charge in [0, 0.05) is 6.54 Å². The molecule has 98 valence electrons. The molecule has 0 amide bonds. The molecular formula is C16H17NO2. The van der Waals surface area contributed by atoms with E-state index < -0.39 is 5.97 Å². The van der Waals surface area contributed by atoms with Gasteiger partial charge in [-0.15, -0.1) is 0 Å². The molecular weight excluding hydrogens is 238 g/mol. The van der Waals surface area contributed by atoms with Gasteiger partial charge in [-0.05, 0) is 35.7 Å². The molecule has 3 nitrogen and oxygen atoms in total. The fourth-order valence-corrected chi connectivity index (χ4v) is 2.94. The van der Waals surface area contributed by atoms with Crippen LogP contribution in [0.15, 0.2) is 42.5 Å². The Labute approximate surface area is 112 Å². The highest BCUT2D eigenvalue weighted by Gasteiger charge is 2.30. The number of hydrogen-bond donors (Lipinski definition) is 1. The van der Waals surface area contributed by atoms with Crippen molar-refractivity contribution in [2.24, 2.45) is 0 Å². The zero-order valence-electron chi connectivity index (χ0n) is 10.7. The molecule has 0 spiro atoms. The minimum absolute atomic E-state index is 0.320. The van der Waals surface area contributed by atoms with Crippen molar-refractivity contribution in [3.05, 3.63) is 48.0 Å². The number of nitrogens with zero attached hydrogens (tertiary/aromatic N) is 1. The number of fused-ring (bicyclic) bond motifs is 1.